The Hall–Kier alpha value is -2.33. The van der Waals surface area contributed by atoms with Crippen molar-refractivity contribution in [2.24, 2.45) is 0 Å². The number of unbranched alkanes of at least 4 members (excludes halogenated alkanes) is 3. The number of carboxylic acid groups (broad SMARTS) is 1. The molecule has 2 aromatic rings. The Kier molecular flexibility index (Phi) is 6.63. The zero-order valence-electron chi connectivity index (χ0n) is 13.1. The SMILES string of the molecule is O=C(O)c1ccc(-c2ccc(OCCCCCCO)cc2)cc1. The van der Waals surface area contributed by atoms with Gasteiger partial charge in [0.05, 0.1) is 12.2 Å². The van der Waals surface area contributed by atoms with Crippen molar-refractivity contribution in [1.82, 2.24) is 0 Å². The van der Waals surface area contributed by atoms with Crippen LogP contribution >= 0.6 is 0 Å². The first kappa shape index (κ1) is 17.0. The normalized spacial score (nSPS) is 10.5. The smallest absolute Gasteiger partial charge is 0.335 e. The Morgan fingerprint density at radius 3 is 1.96 bits per heavy atom. The molecular weight excluding hydrogens is 292 g/mol. The number of aromatic carboxylic acids is 1. The largest absolute Gasteiger partial charge is 0.494 e. The minimum Gasteiger partial charge on any atom is -0.494 e. The van der Waals surface area contributed by atoms with Crippen molar-refractivity contribution in [2.45, 2.75) is 25.7 Å². The molecule has 0 saturated heterocycles. The van der Waals surface area contributed by atoms with E-state index in [1.54, 1.807) is 24.3 Å². The molecule has 0 aliphatic carbocycles. The topological polar surface area (TPSA) is 66.8 Å². The average Bonchev–Trinajstić information content (AvgIpc) is 2.58. The summed E-state index contributed by atoms with van der Waals surface area (Å²) in [5.41, 5.74) is 2.29. The number of hydrogen-bond donors (Lipinski definition) is 2. The van der Waals surface area contributed by atoms with Crippen LogP contribution in [0.1, 0.15) is 36.0 Å². The standard InChI is InChI=1S/C19H22O4/c20-13-3-1-2-4-14-23-18-11-9-16(10-12-18)15-5-7-17(8-6-15)19(21)22/h5-12,20H,1-4,13-14H2,(H,21,22). The molecule has 0 atom stereocenters. The molecule has 0 aromatic heterocycles. The van der Waals surface area contributed by atoms with Crippen LogP contribution in [0.5, 0.6) is 5.75 Å². The van der Waals surface area contributed by atoms with Crippen LogP contribution in [0.15, 0.2) is 48.5 Å². The van der Waals surface area contributed by atoms with Crippen molar-refractivity contribution in [3.63, 3.8) is 0 Å². The van der Waals surface area contributed by atoms with Crippen molar-refractivity contribution in [2.75, 3.05) is 13.2 Å². The summed E-state index contributed by atoms with van der Waals surface area (Å²) in [7, 11) is 0. The third-order valence-corrected chi connectivity index (χ3v) is 3.64. The van der Waals surface area contributed by atoms with Crippen LogP contribution in [-0.2, 0) is 0 Å². The summed E-state index contributed by atoms with van der Waals surface area (Å²) in [6.45, 7) is 0.938. The van der Waals surface area contributed by atoms with Gasteiger partial charge in [-0.15, -0.1) is 0 Å². The molecule has 0 radical (unpaired) electrons. The van der Waals surface area contributed by atoms with Gasteiger partial charge in [-0.05, 0) is 54.7 Å². The molecule has 0 aliphatic rings. The number of hydrogen-bond acceptors (Lipinski definition) is 3. The predicted molar refractivity (Wildman–Crippen MR) is 89.9 cm³/mol. The molecule has 122 valence electrons. The fourth-order valence-electron chi connectivity index (χ4n) is 2.31. The lowest BCUT2D eigenvalue weighted by atomic mass is 10.0. The van der Waals surface area contributed by atoms with E-state index in [1.165, 1.54) is 0 Å². The fraction of sp³-hybridized carbons (Fsp3) is 0.316. The van der Waals surface area contributed by atoms with E-state index in [1.807, 2.05) is 24.3 Å². The fourth-order valence-corrected chi connectivity index (χ4v) is 2.31. The van der Waals surface area contributed by atoms with E-state index in [-0.39, 0.29) is 12.2 Å². The summed E-state index contributed by atoms with van der Waals surface area (Å²) in [6.07, 6.45) is 3.94. The first-order valence-corrected chi connectivity index (χ1v) is 7.88. The van der Waals surface area contributed by atoms with Crippen molar-refractivity contribution in [3.8, 4) is 16.9 Å². The van der Waals surface area contributed by atoms with Gasteiger partial charge in [-0.25, -0.2) is 4.79 Å². The Bertz CT molecular complexity index is 602. The number of carbonyl (C=O) groups is 1. The third kappa shape index (κ3) is 5.42. The van der Waals surface area contributed by atoms with E-state index in [4.69, 9.17) is 14.9 Å². The van der Waals surface area contributed by atoms with Crippen LogP contribution in [-0.4, -0.2) is 29.4 Å². The van der Waals surface area contributed by atoms with Gasteiger partial charge in [-0.1, -0.05) is 30.7 Å². The second-order valence-electron chi connectivity index (χ2n) is 5.39. The van der Waals surface area contributed by atoms with E-state index >= 15 is 0 Å². The zero-order valence-corrected chi connectivity index (χ0v) is 13.1. The average molecular weight is 314 g/mol. The number of carboxylic acids is 1. The number of aliphatic hydroxyl groups excluding tert-OH is 1. The van der Waals surface area contributed by atoms with Gasteiger partial charge in [0, 0.05) is 6.61 Å². The Morgan fingerprint density at radius 2 is 1.39 bits per heavy atom. The molecule has 0 aliphatic heterocycles. The quantitative estimate of drug-likeness (QED) is 0.687. The maximum absolute atomic E-state index is 10.8. The minimum atomic E-state index is -0.917. The van der Waals surface area contributed by atoms with Crippen molar-refractivity contribution >= 4 is 5.97 Å². The maximum atomic E-state index is 10.8. The summed E-state index contributed by atoms with van der Waals surface area (Å²) in [6, 6.07) is 14.6. The molecule has 0 heterocycles. The lowest BCUT2D eigenvalue weighted by Crippen LogP contribution is -1.97. The summed E-state index contributed by atoms with van der Waals surface area (Å²) in [5.74, 6) is -0.0858. The van der Waals surface area contributed by atoms with Gasteiger partial charge in [0.15, 0.2) is 0 Å². The molecule has 2 N–H and O–H groups in total. The van der Waals surface area contributed by atoms with E-state index in [0.29, 0.717) is 6.61 Å². The second-order valence-corrected chi connectivity index (χ2v) is 5.39. The number of ether oxygens (including phenoxy) is 1. The van der Waals surface area contributed by atoms with Gasteiger partial charge >= 0.3 is 5.97 Å². The molecule has 23 heavy (non-hydrogen) atoms. The van der Waals surface area contributed by atoms with Crippen LogP contribution in [0.2, 0.25) is 0 Å². The zero-order chi connectivity index (χ0) is 16.5. The molecule has 4 nitrogen and oxygen atoms in total. The lowest BCUT2D eigenvalue weighted by Gasteiger charge is -2.07. The van der Waals surface area contributed by atoms with Crippen LogP contribution in [0.4, 0.5) is 0 Å². The van der Waals surface area contributed by atoms with E-state index in [0.717, 1.165) is 42.6 Å². The number of aliphatic hydroxyl groups is 1. The summed E-state index contributed by atoms with van der Waals surface area (Å²) >= 11 is 0. The Morgan fingerprint density at radius 1 is 0.826 bits per heavy atom. The van der Waals surface area contributed by atoms with E-state index in [2.05, 4.69) is 0 Å². The lowest BCUT2D eigenvalue weighted by molar-refractivity contribution is 0.0697. The maximum Gasteiger partial charge on any atom is 0.335 e. The van der Waals surface area contributed by atoms with Gasteiger partial charge in [0.2, 0.25) is 0 Å². The number of benzene rings is 2. The van der Waals surface area contributed by atoms with Crippen LogP contribution in [0.25, 0.3) is 11.1 Å². The molecule has 0 amide bonds. The van der Waals surface area contributed by atoms with Gasteiger partial charge in [0.1, 0.15) is 5.75 Å². The first-order valence-electron chi connectivity index (χ1n) is 7.88. The molecule has 0 saturated carbocycles. The van der Waals surface area contributed by atoms with E-state index < -0.39 is 5.97 Å². The molecular formula is C19H22O4. The van der Waals surface area contributed by atoms with Gasteiger partial charge in [-0.2, -0.15) is 0 Å². The first-order chi connectivity index (χ1) is 11.2. The second kappa shape index (κ2) is 8.96. The van der Waals surface area contributed by atoms with Crippen molar-refractivity contribution in [3.05, 3.63) is 54.1 Å². The van der Waals surface area contributed by atoms with Gasteiger partial charge in [0.25, 0.3) is 0 Å². The third-order valence-electron chi connectivity index (χ3n) is 3.64. The van der Waals surface area contributed by atoms with Gasteiger partial charge in [-0.3, -0.25) is 0 Å². The Balaban J connectivity index is 1.85. The van der Waals surface area contributed by atoms with E-state index in [9.17, 15) is 4.79 Å². The summed E-state index contributed by atoms with van der Waals surface area (Å²) in [5, 5.41) is 17.6. The molecule has 0 spiro atoms. The number of rotatable bonds is 9. The molecule has 0 unspecified atom stereocenters. The summed E-state index contributed by atoms with van der Waals surface area (Å²) in [4.78, 5) is 10.8. The highest BCUT2D eigenvalue weighted by molar-refractivity contribution is 5.88. The molecule has 0 fully saturated rings. The molecule has 4 heteroatoms. The molecule has 2 aromatic carbocycles. The van der Waals surface area contributed by atoms with Crippen molar-refractivity contribution in [1.29, 1.82) is 0 Å². The predicted octanol–water partition coefficient (Wildman–Crippen LogP) is 3.98. The highest BCUT2D eigenvalue weighted by Gasteiger charge is 2.03. The minimum absolute atomic E-state index is 0.260. The van der Waals surface area contributed by atoms with Crippen LogP contribution in [0, 0.1) is 0 Å². The molecule has 2 rings (SSSR count). The monoisotopic (exact) mass is 314 g/mol. The van der Waals surface area contributed by atoms with Gasteiger partial charge < -0.3 is 14.9 Å². The highest BCUT2D eigenvalue weighted by Crippen LogP contribution is 2.23. The van der Waals surface area contributed by atoms with Crippen LogP contribution < -0.4 is 4.74 Å². The molecule has 0 bridgehead atoms. The van der Waals surface area contributed by atoms with Crippen LogP contribution in [0.3, 0.4) is 0 Å². The Labute approximate surface area is 136 Å². The highest BCUT2D eigenvalue weighted by atomic mass is 16.5. The summed E-state index contributed by atoms with van der Waals surface area (Å²) < 4.78 is 5.69. The van der Waals surface area contributed by atoms with Crippen molar-refractivity contribution < 1.29 is 19.7 Å².